The van der Waals surface area contributed by atoms with Gasteiger partial charge in [0.1, 0.15) is 11.5 Å². The minimum Gasteiger partial charge on any atom is -0.492 e. The van der Waals surface area contributed by atoms with E-state index in [1.807, 2.05) is 36.4 Å². The summed E-state index contributed by atoms with van der Waals surface area (Å²) >= 11 is 3.43. The lowest BCUT2D eigenvalue weighted by Crippen LogP contribution is -2.16. The van der Waals surface area contributed by atoms with Crippen molar-refractivity contribution in [3.8, 4) is 11.5 Å². The van der Waals surface area contributed by atoms with Gasteiger partial charge in [0.2, 0.25) is 0 Å². The molecular weight excluding hydrogens is 394 g/mol. The van der Waals surface area contributed by atoms with Crippen molar-refractivity contribution < 1.29 is 14.3 Å². The molecule has 1 amide bonds. The van der Waals surface area contributed by atoms with Gasteiger partial charge in [0, 0.05) is 4.47 Å². The Labute approximate surface area is 164 Å². The average molecular weight is 420 g/mol. The van der Waals surface area contributed by atoms with Crippen LogP contribution in [0.4, 0.5) is 5.69 Å². The van der Waals surface area contributed by atoms with Crippen LogP contribution in [-0.4, -0.2) is 19.1 Å². The molecule has 2 rings (SSSR count). The fraction of sp³-hybridized carbons (Fsp3) is 0.381. The van der Waals surface area contributed by atoms with Gasteiger partial charge in [0.05, 0.1) is 24.5 Å². The number of halogens is 1. The number of carbonyl (C=O) groups excluding carboxylic acids is 1. The van der Waals surface area contributed by atoms with E-state index in [9.17, 15) is 4.79 Å². The number of benzene rings is 2. The van der Waals surface area contributed by atoms with Gasteiger partial charge in [0.15, 0.2) is 0 Å². The van der Waals surface area contributed by atoms with E-state index in [-0.39, 0.29) is 5.91 Å². The molecule has 0 atom stereocenters. The number of para-hydroxylation sites is 2. The van der Waals surface area contributed by atoms with Crippen molar-refractivity contribution >= 4 is 27.5 Å². The molecule has 0 saturated heterocycles. The van der Waals surface area contributed by atoms with E-state index < -0.39 is 0 Å². The van der Waals surface area contributed by atoms with E-state index in [1.165, 1.54) is 0 Å². The molecule has 0 aliphatic carbocycles. The number of hydrogen-bond donors (Lipinski definition) is 1. The Morgan fingerprint density at radius 2 is 1.58 bits per heavy atom. The maximum atomic E-state index is 12.9. The van der Waals surface area contributed by atoms with E-state index in [4.69, 9.17) is 9.47 Å². The molecule has 0 fully saturated rings. The minimum atomic E-state index is -0.231. The van der Waals surface area contributed by atoms with Gasteiger partial charge in [-0.1, -0.05) is 55.8 Å². The van der Waals surface area contributed by atoms with Gasteiger partial charge >= 0.3 is 0 Å². The van der Waals surface area contributed by atoms with Crippen LogP contribution in [0.2, 0.25) is 0 Å². The molecule has 0 aliphatic heterocycles. The van der Waals surface area contributed by atoms with E-state index >= 15 is 0 Å². The summed E-state index contributed by atoms with van der Waals surface area (Å²) < 4.78 is 12.4. The fourth-order valence-electron chi connectivity index (χ4n) is 2.20. The van der Waals surface area contributed by atoms with Crippen molar-refractivity contribution in [2.75, 3.05) is 18.5 Å². The van der Waals surface area contributed by atoms with Crippen molar-refractivity contribution in [2.24, 2.45) is 11.8 Å². The summed E-state index contributed by atoms with van der Waals surface area (Å²) in [6.07, 6.45) is 0. The summed E-state index contributed by atoms with van der Waals surface area (Å²) in [5.74, 6) is 1.78. The first-order valence-corrected chi connectivity index (χ1v) is 9.61. The maximum Gasteiger partial charge on any atom is 0.259 e. The fourth-order valence-corrected chi connectivity index (χ4v) is 2.56. The SMILES string of the molecule is CC(C)COc1ccccc1NC(=O)c1cc(Br)ccc1OCC(C)C. The molecule has 26 heavy (non-hydrogen) atoms. The monoisotopic (exact) mass is 419 g/mol. The van der Waals surface area contributed by atoms with Crippen molar-refractivity contribution in [3.05, 3.63) is 52.5 Å². The summed E-state index contributed by atoms with van der Waals surface area (Å²) in [5, 5.41) is 2.94. The highest BCUT2D eigenvalue weighted by Gasteiger charge is 2.16. The first kappa shape index (κ1) is 20.3. The number of carbonyl (C=O) groups is 1. The van der Waals surface area contributed by atoms with Crippen LogP contribution in [0.5, 0.6) is 11.5 Å². The Morgan fingerprint density at radius 3 is 2.23 bits per heavy atom. The Morgan fingerprint density at radius 1 is 0.962 bits per heavy atom. The molecule has 0 aliphatic rings. The zero-order valence-corrected chi connectivity index (χ0v) is 17.3. The first-order chi connectivity index (χ1) is 12.4. The molecule has 0 radical (unpaired) electrons. The second-order valence-electron chi connectivity index (χ2n) is 7.00. The molecule has 4 nitrogen and oxygen atoms in total. The zero-order valence-electron chi connectivity index (χ0n) is 15.7. The van der Waals surface area contributed by atoms with Crippen LogP contribution in [-0.2, 0) is 0 Å². The molecular formula is C21H26BrNO3. The van der Waals surface area contributed by atoms with Crippen LogP contribution in [0.3, 0.4) is 0 Å². The minimum absolute atomic E-state index is 0.231. The molecule has 0 bridgehead atoms. The summed E-state index contributed by atoms with van der Waals surface area (Å²) in [5.41, 5.74) is 1.13. The highest BCUT2D eigenvalue weighted by atomic mass is 79.9. The standard InChI is InChI=1S/C21H26BrNO3/c1-14(2)12-25-19-10-9-16(22)11-17(19)21(24)23-18-7-5-6-8-20(18)26-13-15(3)4/h5-11,14-15H,12-13H2,1-4H3,(H,23,24). The van der Waals surface area contributed by atoms with Gasteiger partial charge in [0.25, 0.3) is 5.91 Å². The maximum absolute atomic E-state index is 12.9. The zero-order chi connectivity index (χ0) is 19.1. The second kappa shape index (κ2) is 9.62. The van der Waals surface area contributed by atoms with E-state index in [0.29, 0.717) is 47.8 Å². The van der Waals surface area contributed by atoms with Gasteiger partial charge < -0.3 is 14.8 Å². The Bertz CT molecular complexity index is 744. The summed E-state index contributed by atoms with van der Waals surface area (Å²) in [6, 6.07) is 12.9. The largest absolute Gasteiger partial charge is 0.492 e. The van der Waals surface area contributed by atoms with E-state index in [0.717, 1.165) is 4.47 Å². The molecule has 5 heteroatoms. The number of ether oxygens (including phenoxy) is 2. The molecule has 0 unspecified atom stereocenters. The third-order valence-corrected chi connectivity index (χ3v) is 3.96. The molecule has 140 valence electrons. The lowest BCUT2D eigenvalue weighted by Gasteiger charge is -2.16. The van der Waals surface area contributed by atoms with Gasteiger partial charge in [-0.15, -0.1) is 0 Å². The van der Waals surface area contributed by atoms with Crippen molar-refractivity contribution in [3.63, 3.8) is 0 Å². The second-order valence-corrected chi connectivity index (χ2v) is 7.92. The predicted octanol–water partition coefficient (Wildman–Crippen LogP) is 5.77. The molecule has 2 aromatic rings. The number of rotatable bonds is 8. The first-order valence-electron chi connectivity index (χ1n) is 8.82. The Kier molecular flexibility index (Phi) is 7.51. The predicted molar refractivity (Wildman–Crippen MR) is 109 cm³/mol. The molecule has 0 heterocycles. The molecule has 0 spiro atoms. The van der Waals surface area contributed by atoms with Crippen LogP contribution in [0.15, 0.2) is 46.9 Å². The topological polar surface area (TPSA) is 47.6 Å². The number of hydrogen-bond acceptors (Lipinski definition) is 3. The number of anilines is 1. The molecule has 0 saturated carbocycles. The normalized spacial score (nSPS) is 10.9. The van der Waals surface area contributed by atoms with Gasteiger partial charge in [-0.25, -0.2) is 0 Å². The van der Waals surface area contributed by atoms with Crippen molar-refractivity contribution in [2.45, 2.75) is 27.7 Å². The molecule has 0 aromatic heterocycles. The van der Waals surface area contributed by atoms with Crippen LogP contribution in [0, 0.1) is 11.8 Å². The van der Waals surface area contributed by atoms with Gasteiger partial charge in [-0.2, -0.15) is 0 Å². The molecule has 2 aromatic carbocycles. The van der Waals surface area contributed by atoms with E-state index in [1.54, 1.807) is 6.07 Å². The van der Waals surface area contributed by atoms with E-state index in [2.05, 4.69) is 48.9 Å². The van der Waals surface area contributed by atoms with Crippen LogP contribution in [0.25, 0.3) is 0 Å². The van der Waals surface area contributed by atoms with Crippen molar-refractivity contribution in [1.29, 1.82) is 0 Å². The van der Waals surface area contributed by atoms with Gasteiger partial charge in [-0.05, 0) is 42.2 Å². The summed E-state index contributed by atoms with van der Waals surface area (Å²) in [7, 11) is 0. The number of amides is 1. The summed E-state index contributed by atoms with van der Waals surface area (Å²) in [6.45, 7) is 9.45. The van der Waals surface area contributed by atoms with Gasteiger partial charge in [-0.3, -0.25) is 4.79 Å². The Balaban J connectivity index is 2.21. The third-order valence-electron chi connectivity index (χ3n) is 3.47. The third kappa shape index (κ3) is 6.06. The average Bonchev–Trinajstić information content (AvgIpc) is 2.59. The van der Waals surface area contributed by atoms with Crippen LogP contribution in [0.1, 0.15) is 38.1 Å². The smallest absolute Gasteiger partial charge is 0.259 e. The van der Waals surface area contributed by atoms with Crippen LogP contribution >= 0.6 is 15.9 Å². The summed E-state index contributed by atoms with van der Waals surface area (Å²) in [4.78, 5) is 12.9. The number of nitrogens with one attached hydrogen (secondary N) is 1. The molecule has 1 N–H and O–H groups in total. The van der Waals surface area contributed by atoms with Crippen LogP contribution < -0.4 is 14.8 Å². The quantitative estimate of drug-likeness (QED) is 0.590. The van der Waals surface area contributed by atoms with Crippen molar-refractivity contribution in [1.82, 2.24) is 0 Å². The Hall–Kier alpha value is -2.01. The lowest BCUT2D eigenvalue weighted by atomic mass is 10.1. The highest BCUT2D eigenvalue weighted by molar-refractivity contribution is 9.10. The highest BCUT2D eigenvalue weighted by Crippen LogP contribution is 2.28. The lowest BCUT2D eigenvalue weighted by molar-refractivity contribution is 0.102.